The van der Waals surface area contributed by atoms with Crippen LogP contribution in [-0.4, -0.2) is 19.4 Å². The third-order valence-corrected chi connectivity index (χ3v) is 8.48. The number of rotatable bonds is 3. The van der Waals surface area contributed by atoms with Gasteiger partial charge in [-0.15, -0.1) is 0 Å². The maximum absolute atomic E-state index is 13.6. The first-order valence-corrected chi connectivity index (χ1v) is 14.1. The number of pyridine rings is 1. The molecule has 0 radical (unpaired) electrons. The Hall–Kier alpha value is -5.42. The summed E-state index contributed by atoms with van der Waals surface area (Å²) in [5.74, 6) is 0.561. The Balaban J connectivity index is 1.34. The molecule has 0 bridgehead atoms. The standard InChI is InChI=1S/C37H26N4O/c1-37(2)29-16-10-9-15-27(29)28-18-17-25(21-30(28)37)26-19-20-41-31(22-26)38-36(42)32-33(23-11-5-3-6-12-23)39-34(40-35(32)41)24-13-7-4-8-14-24/h3-22H,1-2H3. The summed E-state index contributed by atoms with van der Waals surface area (Å²) >= 11 is 0. The van der Waals surface area contributed by atoms with Crippen molar-refractivity contribution in [1.82, 2.24) is 19.4 Å². The highest BCUT2D eigenvalue weighted by Crippen LogP contribution is 2.49. The van der Waals surface area contributed by atoms with E-state index in [1.165, 1.54) is 22.3 Å². The predicted molar refractivity (Wildman–Crippen MR) is 168 cm³/mol. The van der Waals surface area contributed by atoms with Gasteiger partial charge in [-0.3, -0.25) is 9.20 Å². The lowest BCUT2D eigenvalue weighted by Gasteiger charge is -2.22. The maximum atomic E-state index is 13.6. The van der Waals surface area contributed by atoms with Gasteiger partial charge in [0, 0.05) is 22.7 Å². The normalized spacial score (nSPS) is 13.3. The van der Waals surface area contributed by atoms with Crippen LogP contribution < -0.4 is 5.56 Å². The minimum atomic E-state index is -0.342. The lowest BCUT2D eigenvalue weighted by molar-refractivity contribution is 0.660. The van der Waals surface area contributed by atoms with Crippen LogP contribution in [0.4, 0.5) is 0 Å². The van der Waals surface area contributed by atoms with Crippen LogP contribution in [0.2, 0.25) is 0 Å². The van der Waals surface area contributed by atoms with Crippen LogP contribution in [0.3, 0.4) is 0 Å². The molecule has 0 aliphatic heterocycles. The van der Waals surface area contributed by atoms with Crippen LogP contribution in [0.1, 0.15) is 25.0 Å². The second-order valence-corrected chi connectivity index (χ2v) is 11.3. The van der Waals surface area contributed by atoms with Crippen LogP contribution in [0.25, 0.3) is 61.6 Å². The third kappa shape index (κ3) is 3.63. The quantitative estimate of drug-likeness (QED) is 0.213. The number of hydrogen-bond acceptors (Lipinski definition) is 4. The van der Waals surface area contributed by atoms with Gasteiger partial charge >= 0.3 is 0 Å². The minimum absolute atomic E-state index is 0.0945. The summed E-state index contributed by atoms with van der Waals surface area (Å²) in [5, 5.41) is 0.406. The molecule has 0 fully saturated rings. The van der Waals surface area contributed by atoms with Gasteiger partial charge in [-0.1, -0.05) is 111 Å². The Bertz CT molecular complexity index is 2240. The van der Waals surface area contributed by atoms with Gasteiger partial charge in [-0.05, 0) is 51.6 Å². The molecule has 1 aliphatic rings. The summed E-state index contributed by atoms with van der Waals surface area (Å²) in [6.07, 6.45) is 1.96. The Kier molecular flexibility index (Phi) is 5.25. The van der Waals surface area contributed by atoms with Crippen molar-refractivity contribution in [2.45, 2.75) is 19.3 Å². The maximum Gasteiger partial charge on any atom is 0.284 e. The molecule has 0 spiro atoms. The molecule has 42 heavy (non-hydrogen) atoms. The van der Waals surface area contributed by atoms with E-state index in [1.807, 2.05) is 77.3 Å². The molecule has 0 saturated carbocycles. The molecule has 0 N–H and O–H groups in total. The zero-order chi connectivity index (χ0) is 28.4. The molecule has 1 aliphatic carbocycles. The lowest BCUT2D eigenvalue weighted by Crippen LogP contribution is -2.15. The molecule has 5 nitrogen and oxygen atoms in total. The second-order valence-electron chi connectivity index (χ2n) is 11.3. The van der Waals surface area contributed by atoms with Crippen molar-refractivity contribution in [2.24, 2.45) is 0 Å². The number of aromatic nitrogens is 4. The summed E-state index contributed by atoms with van der Waals surface area (Å²) in [6, 6.07) is 39.0. The van der Waals surface area contributed by atoms with E-state index in [1.54, 1.807) is 0 Å². The van der Waals surface area contributed by atoms with Gasteiger partial charge in [0.25, 0.3) is 5.56 Å². The van der Waals surface area contributed by atoms with Crippen molar-refractivity contribution in [1.29, 1.82) is 0 Å². The van der Waals surface area contributed by atoms with E-state index < -0.39 is 0 Å². The van der Waals surface area contributed by atoms with Crippen molar-refractivity contribution in [2.75, 3.05) is 0 Å². The third-order valence-electron chi connectivity index (χ3n) is 8.48. The van der Waals surface area contributed by atoms with Crippen molar-refractivity contribution < 1.29 is 0 Å². The molecular weight excluding hydrogens is 516 g/mol. The molecule has 0 atom stereocenters. The molecule has 200 valence electrons. The highest BCUT2D eigenvalue weighted by molar-refractivity contribution is 5.92. The first-order valence-electron chi connectivity index (χ1n) is 14.1. The fourth-order valence-corrected chi connectivity index (χ4v) is 6.32. The predicted octanol–water partition coefficient (Wildman–Crippen LogP) is 7.95. The van der Waals surface area contributed by atoms with Crippen molar-refractivity contribution in [3.63, 3.8) is 0 Å². The molecule has 4 aromatic carbocycles. The van der Waals surface area contributed by atoms with Crippen LogP contribution in [0.15, 0.2) is 126 Å². The first kappa shape index (κ1) is 24.4. The second kappa shape index (κ2) is 9.05. The largest absolute Gasteiger partial charge is 0.285 e. The highest BCUT2D eigenvalue weighted by atomic mass is 16.1. The first-order chi connectivity index (χ1) is 20.5. The number of hydrogen-bond donors (Lipinski definition) is 0. The van der Waals surface area contributed by atoms with Gasteiger partial charge in [0.2, 0.25) is 0 Å². The summed E-state index contributed by atoms with van der Waals surface area (Å²) in [7, 11) is 0. The van der Waals surface area contributed by atoms with Crippen molar-refractivity contribution >= 4 is 16.7 Å². The lowest BCUT2D eigenvalue weighted by atomic mass is 9.81. The SMILES string of the molecule is CC1(C)c2ccccc2-c2ccc(-c3ccn4c(c3)nc(=O)c3c(-c5ccccc5)nc(-c5ccccc5)nc34)cc21. The fourth-order valence-electron chi connectivity index (χ4n) is 6.32. The van der Waals surface area contributed by atoms with E-state index in [9.17, 15) is 4.79 Å². The molecule has 5 heteroatoms. The topological polar surface area (TPSA) is 60.2 Å². The molecule has 7 aromatic rings. The number of benzene rings is 4. The summed E-state index contributed by atoms with van der Waals surface area (Å²) in [6.45, 7) is 4.56. The molecule has 3 aromatic heterocycles. The van der Waals surface area contributed by atoms with Gasteiger partial charge in [0.15, 0.2) is 11.5 Å². The number of nitrogens with zero attached hydrogens (tertiary/aromatic N) is 4. The van der Waals surface area contributed by atoms with Gasteiger partial charge in [-0.2, -0.15) is 4.98 Å². The average Bonchev–Trinajstić information content (AvgIpc) is 3.27. The van der Waals surface area contributed by atoms with E-state index in [2.05, 4.69) is 67.4 Å². The zero-order valence-corrected chi connectivity index (χ0v) is 23.2. The smallest absolute Gasteiger partial charge is 0.284 e. The van der Waals surface area contributed by atoms with Crippen LogP contribution in [0, 0.1) is 0 Å². The zero-order valence-electron chi connectivity index (χ0n) is 23.2. The van der Waals surface area contributed by atoms with E-state index in [0.29, 0.717) is 28.2 Å². The monoisotopic (exact) mass is 542 g/mol. The van der Waals surface area contributed by atoms with Gasteiger partial charge in [-0.25, -0.2) is 9.97 Å². The highest BCUT2D eigenvalue weighted by Gasteiger charge is 2.35. The van der Waals surface area contributed by atoms with E-state index in [0.717, 1.165) is 22.3 Å². The average molecular weight is 543 g/mol. The molecule has 3 heterocycles. The minimum Gasteiger partial charge on any atom is -0.285 e. The number of fused-ring (bicyclic) bond motifs is 6. The Morgan fingerprint density at radius 3 is 2.05 bits per heavy atom. The Labute approximate surface area is 242 Å². The van der Waals surface area contributed by atoms with Crippen LogP contribution in [-0.2, 0) is 5.41 Å². The molecule has 0 amide bonds. The van der Waals surface area contributed by atoms with E-state index in [4.69, 9.17) is 9.97 Å². The van der Waals surface area contributed by atoms with Crippen molar-refractivity contribution in [3.05, 3.63) is 143 Å². The molecule has 0 unspecified atom stereocenters. The van der Waals surface area contributed by atoms with E-state index >= 15 is 0 Å². The Morgan fingerprint density at radius 1 is 0.595 bits per heavy atom. The fraction of sp³-hybridized carbons (Fsp3) is 0.0811. The van der Waals surface area contributed by atoms with Crippen LogP contribution in [0.5, 0.6) is 0 Å². The van der Waals surface area contributed by atoms with E-state index in [-0.39, 0.29) is 11.0 Å². The van der Waals surface area contributed by atoms with Gasteiger partial charge in [0.1, 0.15) is 11.0 Å². The van der Waals surface area contributed by atoms with Crippen LogP contribution >= 0.6 is 0 Å². The Morgan fingerprint density at radius 2 is 1.26 bits per heavy atom. The molecule has 0 saturated heterocycles. The summed E-state index contributed by atoms with van der Waals surface area (Å²) < 4.78 is 1.90. The van der Waals surface area contributed by atoms with Gasteiger partial charge in [0.05, 0.1) is 5.69 Å². The summed E-state index contributed by atoms with van der Waals surface area (Å²) in [4.78, 5) is 28.0. The molecular formula is C37H26N4O. The van der Waals surface area contributed by atoms with Gasteiger partial charge < -0.3 is 0 Å². The summed E-state index contributed by atoms with van der Waals surface area (Å²) in [5.41, 5.74) is 10.3. The van der Waals surface area contributed by atoms with Crippen molar-refractivity contribution in [3.8, 4) is 44.9 Å². The molecule has 8 rings (SSSR count).